The Morgan fingerprint density at radius 1 is 1.29 bits per heavy atom. The molecule has 0 aliphatic rings. The van der Waals surface area contributed by atoms with Gasteiger partial charge in [-0.05, 0) is 31.3 Å². The first-order valence-corrected chi connectivity index (χ1v) is 6.01. The van der Waals surface area contributed by atoms with Crippen molar-refractivity contribution in [2.75, 3.05) is 6.61 Å². The average molecular weight is 198 g/mol. The molecule has 0 aliphatic carbocycles. The number of hydrogen-bond acceptors (Lipinski definition) is 1. The first-order chi connectivity index (χ1) is 6.74. The molecule has 1 unspecified atom stereocenters. The van der Waals surface area contributed by atoms with Gasteiger partial charge in [-0.1, -0.05) is 40.0 Å². The summed E-state index contributed by atoms with van der Waals surface area (Å²) in [6.07, 6.45) is 8.18. The van der Waals surface area contributed by atoms with E-state index in [1.54, 1.807) is 0 Å². The van der Waals surface area contributed by atoms with Crippen molar-refractivity contribution in [3.63, 3.8) is 0 Å². The minimum absolute atomic E-state index is 0.746. The molecule has 0 fully saturated rings. The van der Waals surface area contributed by atoms with Crippen LogP contribution >= 0.6 is 0 Å². The van der Waals surface area contributed by atoms with Gasteiger partial charge in [-0.3, -0.25) is 0 Å². The molecular weight excluding hydrogens is 172 g/mol. The molecule has 0 radical (unpaired) electrons. The summed E-state index contributed by atoms with van der Waals surface area (Å²) in [5.74, 6) is 0.746. The molecular formula is C13H26O. The van der Waals surface area contributed by atoms with E-state index in [9.17, 15) is 0 Å². The molecule has 0 N–H and O–H groups in total. The first-order valence-electron chi connectivity index (χ1n) is 6.01. The zero-order chi connectivity index (χ0) is 10.8. The molecule has 84 valence electrons. The van der Waals surface area contributed by atoms with E-state index >= 15 is 0 Å². The molecule has 0 aromatic heterocycles. The maximum atomic E-state index is 5.57. The molecule has 0 aromatic rings. The Labute approximate surface area is 89.5 Å². The molecule has 0 bridgehead atoms. The molecule has 14 heavy (non-hydrogen) atoms. The maximum absolute atomic E-state index is 5.57. The van der Waals surface area contributed by atoms with Crippen LogP contribution in [0.5, 0.6) is 0 Å². The zero-order valence-corrected chi connectivity index (χ0v) is 10.3. The highest BCUT2D eigenvalue weighted by molar-refractivity contribution is 4.91. The number of ether oxygens (including phenoxy) is 1. The Kier molecular flexibility index (Phi) is 8.81. The second kappa shape index (κ2) is 9.11. The molecule has 0 heterocycles. The van der Waals surface area contributed by atoms with Crippen LogP contribution in [0.1, 0.15) is 59.8 Å². The van der Waals surface area contributed by atoms with Gasteiger partial charge >= 0.3 is 0 Å². The van der Waals surface area contributed by atoms with Crippen molar-refractivity contribution in [2.24, 2.45) is 5.92 Å². The van der Waals surface area contributed by atoms with Gasteiger partial charge in [0.1, 0.15) is 0 Å². The maximum Gasteiger partial charge on any atom is 0.0901 e. The first kappa shape index (κ1) is 13.5. The molecule has 0 aromatic carbocycles. The quantitative estimate of drug-likeness (QED) is 0.520. The molecule has 0 saturated heterocycles. The molecule has 1 atom stereocenters. The summed E-state index contributed by atoms with van der Waals surface area (Å²) in [6, 6.07) is 0. The lowest BCUT2D eigenvalue weighted by Crippen LogP contribution is -2.06. The molecule has 1 heteroatoms. The standard InChI is InChI=1S/C13H26O/c1-5-8-9-13(7-3)11-14-10-12(4)6-2/h10,13H,5-9,11H2,1-4H3/b12-10+. The monoisotopic (exact) mass is 198 g/mol. The van der Waals surface area contributed by atoms with Gasteiger partial charge in [0.2, 0.25) is 0 Å². The molecule has 1 nitrogen and oxygen atoms in total. The lowest BCUT2D eigenvalue weighted by atomic mass is 10.0. The van der Waals surface area contributed by atoms with Crippen LogP contribution in [0.4, 0.5) is 0 Å². The van der Waals surface area contributed by atoms with Crippen LogP contribution in [0.25, 0.3) is 0 Å². The number of hydrogen-bond donors (Lipinski definition) is 0. The molecule has 0 spiro atoms. The van der Waals surface area contributed by atoms with E-state index in [4.69, 9.17) is 4.74 Å². The van der Waals surface area contributed by atoms with Gasteiger partial charge in [0, 0.05) is 0 Å². The van der Waals surface area contributed by atoms with Crippen LogP contribution in [0.3, 0.4) is 0 Å². The van der Waals surface area contributed by atoms with Crippen molar-refractivity contribution < 1.29 is 4.74 Å². The van der Waals surface area contributed by atoms with Crippen LogP contribution in [-0.4, -0.2) is 6.61 Å². The van der Waals surface area contributed by atoms with Crippen LogP contribution in [-0.2, 0) is 4.74 Å². The third kappa shape index (κ3) is 6.99. The van der Waals surface area contributed by atoms with Crippen LogP contribution in [0.2, 0.25) is 0 Å². The van der Waals surface area contributed by atoms with Gasteiger partial charge in [0.25, 0.3) is 0 Å². The summed E-state index contributed by atoms with van der Waals surface area (Å²) in [5, 5.41) is 0. The Morgan fingerprint density at radius 2 is 2.00 bits per heavy atom. The van der Waals surface area contributed by atoms with Gasteiger partial charge in [-0.15, -0.1) is 0 Å². The second-order valence-corrected chi connectivity index (χ2v) is 4.07. The van der Waals surface area contributed by atoms with Gasteiger partial charge in [0.05, 0.1) is 12.9 Å². The summed E-state index contributed by atoms with van der Waals surface area (Å²) in [7, 11) is 0. The van der Waals surface area contributed by atoms with E-state index in [1.165, 1.54) is 31.3 Å². The van der Waals surface area contributed by atoms with E-state index in [0.717, 1.165) is 18.9 Å². The van der Waals surface area contributed by atoms with Gasteiger partial charge < -0.3 is 4.74 Å². The average Bonchev–Trinajstić information content (AvgIpc) is 2.22. The third-order valence-corrected chi connectivity index (χ3v) is 2.72. The van der Waals surface area contributed by atoms with Crippen LogP contribution in [0.15, 0.2) is 11.8 Å². The highest BCUT2D eigenvalue weighted by Crippen LogP contribution is 2.13. The summed E-state index contributed by atoms with van der Waals surface area (Å²) in [4.78, 5) is 0. The predicted octanol–water partition coefficient (Wildman–Crippen LogP) is 4.53. The normalized spacial score (nSPS) is 14.1. The van der Waals surface area contributed by atoms with Crippen molar-refractivity contribution >= 4 is 0 Å². The Hall–Kier alpha value is -0.460. The van der Waals surface area contributed by atoms with Crippen LogP contribution < -0.4 is 0 Å². The van der Waals surface area contributed by atoms with Gasteiger partial charge in [0.15, 0.2) is 0 Å². The van der Waals surface area contributed by atoms with Gasteiger partial charge in [-0.2, -0.15) is 0 Å². The Bertz CT molecular complexity index is 149. The highest BCUT2D eigenvalue weighted by Gasteiger charge is 2.04. The fourth-order valence-electron chi connectivity index (χ4n) is 1.31. The third-order valence-electron chi connectivity index (χ3n) is 2.72. The Balaban J connectivity index is 3.61. The van der Waals surface area contributed by atoms with E-state index < -0.39 is 0 Å². The molecule has 0 rings (SSSR count). The summed E-state index contributed by atoms with van der Waals surface area (Å²) in [5.41, 5.74) is 1.33. The second-order valence-electron chi connectivity index (χ2n) is 4.07. The van der Waals surface area contributed by atoms with Crippen molar-refractivity contribution in [1.82, 2.24) is 0 Å². The zero-order valence-electron chi connectivity index (χ0n) is 10.3. The lowest BCUT2D eigenvalue weighted by molar-refractivity contribution is 0.181. The Morgan fingerprint density at radius 3 is 2.50 bits per heavy atom. The minimum Gasteiger partial charge on any atom is -0.501 e. The fraction of sp³-hybridized carbons (Fsp3) is 0.846. The summed E-state index contributed by atoms with van der Waals surface area (Å²) in [6.45, 7) is 9.67. The van der Waals surface area contributed by atoms with Crippen molar-refractivity contribution in [2.45, 2.75) is 59.8 Å². The largest absolute Gasteiger partial charge is 0.501 e. The van der Waals surface area contributed by atoms with Crippen molar-refractivity contribution in [1.29, 1.82) is 0 Å². The SMILES string of the molecule is CCCCC(CC)CO/C=C(\C)CC. The number of allylic oxidation sites excluding steroid dienone is 1. The summed E-state index contributed by atoms with van der Waals surface area (Å²) < 4.78 is 5.57. The van der Waals surface area contributed by atoms with Gasteiger partial charge in [-0.25, -0.2) is 0 Å². The van der Waals surface area contributed by atoms with Crippen molar-refractivity contribution in [3.8, 4) is 0 Å². The summed E-state index contributed by atoms with van der Waals surface area (Å²) >= 11 is 0. The number of unbranched alkanes of at least 4 members (excludes halogenated alkanes) is 1. The van der Waals surface area contributed by atoms with E-state index in [-0.39, 0.29) is 0 Å². The molecule has 0 amide bonds. The predicted molar refractivity (Wildman–Crippen MR) is 63.3 cm³/mol. The fourth-order valence-corrected chi connectivity index (χ4v) is 1.31. The number of rotatable bonds is 8. The topological polar surface area (TPSA) is 9.23 Å². The van der Waals surface area contributed by atoms with E-state index in [0.29, 0.717) is 0 Å². The molecule has 0 saturated carbocycles. The van der Waals surface area contributed by atoms with E-state index in [2.05, 4.69) is 27.7 Å². The molecule has 0 aliphatic heterocycles. The highest BCUT2D eigenvalue weighted by atomic mass is 16.5. The van der Waals surface area contributed by atoms with E-state index in [1.807, 2.05) is 6.26 Å². The van der Waals surface area contributed by atoms with Crippen LogP contribution in [0, 0.1) is 5.92 Å². The smallest absolute Gasteiger partial charge is 0.0901 e. The lowest BCUT2D eigenvalue weighted by Gasteiger charge is -2.13. The van der Waals surface area contributed by atoms with Crippen molar-refractivity contribution in [3.05, 3.63) is 11.8 Å². The minimum atomic E-state index is 0.746.